The van der Waals surface area contributed by atoms with Crippen LogP contribution in [0.4, 0.5) is 19.0 Å². The van der Waals surface area contributed by atoms with E-state index in [0.29, 0.717) is 24.1 Å². The van der Waals surface area contributed by atoms with Crippen LogP contribution in [0.1, 0.15) is 41.1 Å². The molecule has 0 spiro atoms. The number of nitrogens with zero attached hydrogens (tertiary/aromatic N) is 7. The minimum absolute atomic E-state index is 0.146. The van der Waals surface area contributed by atoms with Crippen molar-refractivity contribution in [3.8, 4) is 5.69 Å². The van der Waals surface area contributed by atoms with Crippen LogP contribution in [0.25, 0.3) is 5.69 Å². The molecule has 2 bridgehead atoms. The highest BCUT2D eigenvalue weighted by Gasteiger charge is 2.44. The first-order chi connectivity index (χ1) is 15.8. The summed E-state index contributed by atoms with van der Waals surface area (Å²) in [4.78, 5) is 28.6. The molecule has 12 heteroatoms. The van der Waals surface area contributed by atoms with Crippen LogP contribution in [-0.2, 0) is 6.18 Å². The van der Waals surface area contributed by atoms with Gasteiger partial charge in [-0.15, -0.1) is 4.80 Å². The average molecular weight is 458 g/mol. The molecule has 5 heterocycles. The molecule has 1 unspecified atom stereocenters. The summed E-state index contributed by atoms with van der Waals surface area (Å²) in [5, 5.41) is 11.5. The number of carbonyl (C=O) groups excluding carboxylic acids is 1. The highest BCUT2D eigenvalue weighted by molar-refractivity contribution is 5.96. The van der Waals surface area contributed by atoms with Crippen molar-refractivity contribution in [2.75, 3.05) is 11.9 Å². The molecule has 0 radical (unpaired) electrons. The number of pyridine rings is 1. The van der Waals surface area contributed by atoms with Gasteiger partial charge in [-0.1, -0.05) is 0 Å². The number of amides is 1. The SMILES string of the molecule is Cc1ccc(-n2nccn2)c(C(=O)N2CC3CC[C@@H]2[C@@H](Nc2cnc(C(F)(F)F)cn2)C3)n1. The smallest absolute Gasteiger partial charge is 0.364 e. The highest BCUT2D eigenvalue weighted by Crippen LogP contribution is 2.37. The van der Waals surface area contributed by atoms with Gasteiger partial charge in [-0.05, 0) is 44.2 Å². The summed E-state index contributed by atoms with van der Waals surface area (Å²) in [7, 11) is 0. The van der Waals surface area contributed by atoms with Crippen molar-refractivity contribution in [1.29, 1.82) is 0 Å². The number of hydrogen-bond acceptors (Lipinski definition) is 7. The maximum Gasteiger partial charge on any atom is 0.434 e. The lowest BCUT2D eigenvalue weighted by atomic mass is 9.76. The first-order valence-electron chi connectivity index (χ1n) is 10.6. The molecule has 1 N–H and O–H groups in total. The van der Waals surface area contributed by atoms with Crippen LogP contribution < -0.4 is 5.32 Å². The molecule has 2 saturated heterocycles. The number of carbonyl (C=O) groups is 1. The maximum atomic E-state index is 13.6. The fraction of sp³-hybridized carbons (Fsp3) is 0.429. The van der Waals surface area contributed by atoms with E-state index < -0.39 is 11.9 Å². The number of halogens is 3. The van der Waals surface area contributed by atoms with Gasteiger partial charge in [0.05, 0.1) is 30.8 Å². The van der Waals surface area contributed by atoms with Crippen LogP contribution in [0.5, 0.6) is 0 Å². The van der Waals surface area contributed by atoms with Gasteiger partial charge in [-0.3, -0.25) is 4.79 Å². The Hall–Kier alpha value is -3.57. The molecule has 1 saturated carbocycles. The summed E-state index contributed by atoms with van der Waals surface area (Å²) in [6.07, 6.45) is 2.88. The van der Waals surface area contributed by atoms with E-state index in [1.165, 1.54) is 17.2 Å². The molecule has 1 aliphatic carbocycles. The number of piperidine rings is 2. The van der Waals surface area contributed by atoms with Gasteiger partial charge in [0.1, 0.15) is 11.5 Å². The molecule has 172 valence electrons. The lowest BCUT2D eigenvalue weighted by molar-refractivity contribution is -0.141. The summed E-state index contributed by atoms with van der Waals surface area (Å²) < 4.78 is 38.3. The Morgan fingerprint density at radius 1 is 1.12 bits per heavy atom. The van der Waals surface area contributed by atoms with Crippen LogP contribution >= 0.6 is 0 Å². The fourth-order valence-electron chi connectivity index (χ4n) is 4.67. The second kappa shape index (κ2) is 8.09. The molecule has 3 atom stereocenters. The van der Waals surface area contributed by atoms with Crippen LogP contribution in [0.3, 0.4) is 0 Å². The first-order valence-corrected chi connectivity index (χ1v) is 10.6. The van der Waals surface area contributed by atoms with E-state index in [9.17, 15) is 18.0 Å². The van der Waals surface area contributed by atoms with E-state index in [2.05, 4.69) is 30.5 Å². The second-order valence-corrected chi connectivity index (χ2v) is 8.38. The van der Waals surface area contributed by atoms with Gasteiger partial charge in [0.15, 0.2) is 11.4 Å². The predicted molar refractivity (Wildman–Crippen MR) is 111 cm³/mol. The number of rotatable bonds is 4. The Balaban J connectivity index is 1.39. The zero-order chi connectivity index (χ0) is 23.2. The zero-order valence-corrected chi connectivity index (χ0v) is 17.7. The number of aryl methyl sites for hydroxylation is 1. The van der Waals surface area contributed by atoms with E-state index in [1.54, 1.807) is 12.1 Å². The normalized spacial score (nSPS) is 22.4. The summed E-state index contributed by atoms with van der Waals surface area (Å²) in [5.41, 5.74) is 0.424. The first kappa shape index (κ1) is 21.3. The lowest BCUT2D eigenvalue weighted by Crippen LogP contribution is -2.60. The minimum atomic E-state index is -4.54. The molecule has 2 aliphatic heterocycles. The molecule has 3 aromatic rings. The van der Waals surface area contributed by atoms with E-state index in [-0.39, 0.29) is 35.4 Å². The molecule has 1 amide bonds. The van der Waals surface area contributed by atoms with Crippen LogP contribution in [0.15, 0.2) is 36.9 Å². The number of hydrogen-bond donors (Lipinski definition) is 1. The molecular weight excluding hydrogens is 437 g/mol. The lowest BCUT2D eigenvalue weighted by Gasteiger charge is -2.50. The molecule has 33 heavy (non-hydrogen) atoms. The van der Waals surface area contributed by atoms with Crippen LogP contribution in [0, 0.1) is 12.8 Å². The Kier molecular flexibility index (Phi) is 5.22. The maximum absolute atomic E-state index is 13.6. The number of fused-ring (bicyclic) bond motifs is 3. The third-order valence-corrected chi connectivity index (χ3v) is 6.16. The van der Waals surface area contributed by atoms with Gasteiger partial charge < -0.3 is 10.2 Å². The monoisotopic (exact) mass is 458 g/mol. The van der Waals surface area contributed by atoms with Crippen LogP contribution in [-0.4, -0.2) is 59.4 Å². The standard InChI is InChI=1S/C21H21F3N8O/c1-12-2-4-16(32-27-6-7-28-32)19(29-12)20(33)31-11-13-3-5-15(31)14(8-13)30-18-10-25-17(9-26-18)21(22,23)24/h2,4,6-7,9-10,13-15H,3,5,8,11H2,1H3,(H,26,30)/t13?,14-,15+/m0/s1. The second-order valence-electron chi connectivity index (χ2n) is 8.38. The number of alkyl halides is 3. The molecule has 6 rings (SSSR count). The van der Waals surface area contributed by atoms with Gasteiger partial charge in [0.25, 0.3) is 5.91 Å². The third kappa shape index (κ3) is 4.12. The fourth-order valence-corrected chi connectivity index (χ4v) is 4.67. The zero-order valence-electron chi connectivity index (χ0n) is 17.7. The summed E-state index contributed by atoms with van der Waals surface area (Å²) in [6.45, 7) is 2.41. The number of nitrogens with one attached hydrogen (secondary N) is 1. The Morgan fingerprint density at radius 3 is 2.58 bits per heavy atom. The van der Waals surface area contributed by atoms with Crippen molar-refractivity contribution in [2.45, 2.75) is 44.4 Å². The molecule has 9 nitrogen and oxygen atoms in total. The van der Waals surface area contributed by atoms with Crippen LogP contribution in [0.2, 0.25) is 0 Å². The third-order valence-electron chi connectivity index (χ3n) is 6.16. The molecule has 3 fully saturated rings. The Labute approximate surface area is 187 Å². The van der Waals surface area contributed by atoms with Gasteiger partial charge in [-0.2, -0.15) is 23.4 Å². The topological polar surface area (TPSA) is 102 Å². The Morgan fingerprint density at radius 2 is 1.91 bits per heavy atom. The molecule has 3 aromatic heterocycles. The van der Waals surface area contributed by atoms with E-state index in [1.807, 2.05) is 11.8 Å². The van der Waals surface area contributed by atoms with Gasteiger partial charge in [0.2, 0.25) is 0 Å². The van der Waals surface area contributed by atoms with E-state index >= 15 is 0 Å². The quantitative estimate of drug-likeness (QED) is 0.642. The average Bonchev–Trinajstić information content (AvgIpc) is 3.33. The highest BCUT2D eigenvalue weighted by atomic mass is 19.4. The van der Waals surface area contributed by atoms with E-state index in [0.717, 1.165) is 25.5 Å². The minimum Gasteiger partial charge on any atom is -0.364 e. The summed E-state index contributed by atoms with van der Waals surface area (Å²) in [5.74, 6) is 0.309. The van der Waals surface area contributed by atoms with Gasteiger partial charge in [0, 0.05) is 18.3 Å². The van der Waals surface area contributed by atoms with Crippen molar-refractivity contribution >= 4 is 11.7 Å². The van der Waals surface area contributed by atoms with Crippen molar-refractivity contribution < 1.29 is 18.0 Å². The van der Waals surface area contributed by atoms with Gasteiger partial charge in [-0.25, -0.2) is 15.0 Å². The molecule has 3 aliphatic rings. The predicted octanol–water partition coefficient (Wildman–Crippen LogP) is 2.88. The number of aromatic nitrogens is 6. The van der Waals surface area contributed by atoms with Crippen molar-refractivity contribution in [3.63, 3.8) is 0 Å². The van der Waals surface area contributed by atoms with E-state index in [4.69, 9.17) is 0 Å². The molecular formula is C21H21F3N8O. The molecule has 0 aromatic carbocycles. The number of anilines is 1. The van der Waals surface area contributed by atoms with Crippen molar-refractivity contribution in [1.82, 2.24) is 34.8 Å². The largest absolute Gasteiger partial charge is 0.434 e. The summed E-state index contributed by atoms with van der Waals surface area (Å²) in [6, 6.07) is 3.27. The van der Waals surface area contributed by atoms with Crippen molar-refractivity contribution in [2.24, 2.45) is 5.92 Å². The summed E-state index contributed by atoms with van der Waals surface area (Å²) >= 11 is 0. The van der Waals surface area contributed by atoms with Gasteiger partial charge >= 0.3 is 6.18 Å². The Bertz CT molecular complexity index is 1150. The van der Waals surface area contributed by atoms with Crippen molar-refractivity contribution in [3.05, 3.63) is 54.0 Å².